The second kappa shape index (κ2) is 18.3. The molecular weight excluding hydrogens is 714 g/mol. The van der Waals surface area contributed by atoms with Gasteiger partial charge in [0.2, 0.25) is 11.8 Å². The maximum atomic E-state index is 14.9. The second-order valence-corrected chi connectivity index (χ2v) is 15.9. The first-order valence-electron chi connectivity index (χ1n) is 19.8. The minimum absolute atomic E-state index is 0.0263. The number of rotatable bonds is 17. The molecule has 2 heterocycles. The molecule has 2 aliphatic rings. The van der Waals surface area contributed by atoms with Crippen LogP contribution in [0.5, 0.6) is 0 Å². The van der Waals surface area contributed by atoms with E-state index in [9.17, 15) is 36.7 Å². The number of amides is 2. The molecule has 300 valence electrons. The molecule has 0 spiro atoms. The molecule has 2 unspecified atom stereocenters. The van der Waals surface area contributed by atoms with Gasteiger partial charge in [0.05, 0.1) is 11.1 Å². The van der Waals surface area contributed by atoms with Gasteiger partial charge < -0.3 is 20.4 Å². The number of carbonyl (C=O) groups excluding carboxylic acids is 4. The van der Waals surface area contributed by atoms with Crippen LogP contribution >= 0.6 is 0 Å². The fourth-order valence-electron chi connectivity index (χ4n) is 8.23. The molecule has 0 bridgehead atoms. The number of H-pyrrole nitrogens is 1. The molecule has 8 nitrogen and oxygen atoms in total. The lowest BCUT2D eigenvalue weighted by Crippen LogP contribution is -2.60. The summed E-state index contributed by atoms with van der Waals surface area (Å²) >= 11 is 0. The molecule has 1 fully saturated rings. The van der Waals surface area contributed by atoms with E-state index in [1.165, 1.54) is 24.3 Å². The van der Waals surface area contributed by atoms with Gasteiger partial charge in [-0.05, 0) is 72.6 Å². The summed E-state index contributed by atoms with van der Waals surface area (Å²) in [6.45, 7) is 9.30. The van der Waals surface area contributed by atoms with Gasteiger partial charge in [0.25, 0.3) is 0 Å². The molecule has 2 aromatic carbocycles. The minimum atomic E-state index is -4.61. The molecule has 0 saturated carbocycles. The van der Waals surface area contributed by atoms with Crippen molar-refractivity contribution in [3.63, 3.8) is 0 Å². The van der Waals surface area contributed by atoms with Gasteiger partial charge in [-0.25, -0.2) is 4.39 Å². The van der Waals surface area contributed by atoms with Crippen LogP contribution in [0.3, 0.4) is 0 Å². The van der Waals surface area contributed by atoms with E-state index in [4.69, 9.17) is 4.74 Å². The lowest BCUT2D eigenvalue weighted by atomic mass is 9.72. The lowest BCUT2D eigenvalue weighted by Gasteiger charge is -2.40. The Balaban J connectivity index is 1.44. The van der Waals surface area contributed by atoms with Crippen LogP contribution in [0, 0.1) is 35.4 Å². The smallest absolute Gasteiger partial charge is 0.381 e. The number of para-hydroxylation sites is 1. The summed E-state index contributed by atoms with van der Waals surface area (Å²) in [6, 6.07) is 9.96. The molecule has 0 radical (unpaired) electrons. The van der Waals surface area contributed by atoms with Crippen LogP contribution in [0.25, 0.3) is 10.9 Å². The number of ketones is 2. The first-order valence-corrected chi connectivity index (χ1v) is 19.8. The Morgan fingerprint density at radius 3 is 2.35 bits per heavy atom. The number of hydrogen-bond donors (Lipinski definition) is 3. The van der Waals surface area contributed by atoms with Crippen molar-refractivity contribution in [2.75, 3.05) is 19.8 Å². The number of carbonyl (C=O) groups is 4. The highest BCUT2D eigenvalue weighted by Gasteiger charge is 2.46. The second-order valence-electron chi connectivity index (χ2n) is 15.9. The summed E-state index contributed by atoms with van der Waals surface area (Å²) in [4.78, 5) is 58.7. The fraction of sp³-hybridized carbons (Fsp3) is 0.581. The number of alkyl halides is 3. The third-order valence-electron chi connectivity index (χ3n) is 12.2. The van der Waals surface area contributed by atoms with E-state index in [1.807, 2.05) is 27.7 Å². The van der Waals surface area contributed by atoms with E-state index in [2.05, 4.69) is 15.6 Å². The van der Waals surface area contributed by atoms with Crippen LogP contribution in [-0.2, 0) is 49.4 Å². The van der Waals surface area contributed by atoms with E-state index >= 15 is 0 Å². The summed E-state index contributed by atoms with van der Waals surface area (Å²) < 4.78 is 62.2. The average Bonchev–Trinajstić information content (AvgIpc) is 3.53. The van der Waals surface area contributed by atoms with E-state index in [-0.39, 0.29) is 97.3 Å². The number of benzene rings is 2. The maximum absolute atomic E-state index is 14.9. The zero-order valence-electron chi connectivity index (χ0n) is 32.4. The van der Waals surface area contributed by atoms with Crippen LogP contribution in [0.15, 0.2) is 42.5 Å². The monoisotopic (exact) mass is 769 g/mol. The van der Waals surface area contributed by atoms with Crippen LogP contribution < -0.4 is 10.6 Å². The van der Waals surface area contributed by atoms with Crippen molar-refractivity contribution in [1.82, 2.24) is 15.6 Å². The standard InChI is InChI=1S/C43H55F4N3O5/c1-5-26(3)30(25-48-39(53)20-28-15-18-55-19-16-28)22-38(52)42(17-14-37-34(24-42)32-11-9-12-35(40(32)49-37)43(45,46)47)50-41(54)33(27(4)6-2)23-31(51)21-29-10-7-8-13-36(29)44/h7-13,26-28,30,33,49H,5-6,14-25H2,1-4H3,(H,48,53)(H,50,54)/t26?,27?,30-,33+,42-/m1/s1. The van der Waals surface area contributed by atoms with Crippen molar-refractivity contribution in [2.24, 2.45) is 29.6 Å². The summed E-state index contributed by atoms with van der Waals surface area (Å²) in [5, 5.41) is 6.49. The van der Waals surface area contributed by atoms with Gasteiger partial charge >= 0.3 is 6.18 Å². The van der Waals surface area contributed by atoms with Gasteiger partial charge in [-0.2, -0.15) is 13.2 Å². The summed E-state index contributed by atoms with van der Waals surface area (Å²) in [6.07, 6.45) is -1.32. The van der Waals surface area contributed by atoms with Gasteiger partial charge in [0, 0.05) is 68.9 Å². The van der Waals surface area contributed by atoms with Crippen LogP contribution in [0.2, 0.25) is 0 Å². The van der Waals surface area contributed by atoms with E-state index in [0.29, 0.717) is 42.7 Å². The number of halogens is 4. The lowest BCUT2D eigenvalue weighted by molar-refractivity contribution is -0.138. The molecule has 12 heteroatoms. The number of Topliss-reactive ketones (excluding diaryl/α,β-unsaturated/α-hetero) is 2. The van der Waals surface area contributed by atoms with Gasteiger partial charge in [-0.3, -0.25) is 19.2 Å². The molecule has 3 N–H and O–H groups in total. The first kappa shape index (κ1) is 42.1. The van der Waals surface area contributed by atoms with Crippen LogP contribution in [0.1, 0.15) is 101 Å². The van der Waals surface area contributed by atoms with E-state index in [1.54, 1.807) is 12.1 Å². The Kier molecular flexibility index (Phi) is 14.0. The highest BCUT2D eigenvalue weighted by atomic mass is 19.4. The molecular formula is C43H55F4N3O5. The molecule has 3 aromatic rings. The third kappa shape index (κ3) is 10.2. The quantitative estimate of drug-likeness (QED) is 0.120. The predicted octanol–water partition coefficient (Wildman–Crippen LogP) is 8.09. The number of aromatic amines is 1. The van der Waals surface area contributed by atoms with Gasteiger partial charge in [-0.1, -0.05) is 70.9 Å². The highest BCUT2D eigenvalue weighted by molar-refractivity contribution is 5.97. The zero-order valence-corrected chi connectivity index (χ0v) is 32.4. The average molecular weight is 770 g/mol. The number of ether oxygens (including phenoxy) is 1. The molecule has 55 heavy (non-hydrogen) atoms. The zero-order chi connectivity index (χ0) is 39.9. The first-order chi connectivity index (χ1) is 26.2. The normalized spacial score (nSPS) is 19.9. The summed E-state index contributed by atoms with van der Waals surface area (Å²) in [7, 11) is 0. The Hall–Kier alpha value is -4.06. The maximum Gasteiger partial charge on any atom is 0.418 e. The number of aromatic nitrogens is 1. The summed E-state index contributed by atoms with van der Waals surface area (Å²) in [5.74, 6) is -2.77. The molecule has 1 aliphatic heterocycles. The minimum Gasteiger partial charge on any atom is -0.381 e. The number of fused-ring (bicyclic) bond motifs is 3. The third-order valence-corrected chi connectivity index (χ3v) is 12.2. The Bertz CT molecular complexity index is 1830. The number of aryl methyl sites for hydroxylation is 1. The number of hydrogen-bond acceptors (Lipinski definition) is 5. The van der Waals surface area contributed by atoms with Crippen molar-refractivity contribution in [2.45, 2.75) is 110 Å². The molecule has 1 saturated heterocycles. The Morgan fingerprint density at radius 2 is 1.67 bits per heavy atom. The van der Waals surface area contributed by atoms with Crippen molar-refractivity contribution < 1.29 is 41.5 Å². The largest absolute Gasteiger partial charge is 0.418 e. The van der Waals surface area contributed by atoms with Gasteiger partial charge in [0.1, 0.15) is 17.1 Å². The van der Waals surface area contributed by atoms with Crippen molar-refractivity contribution in [1.29, 1.82) is 0 Å². The number of nitrogens with one attached hydrogen (secondary N) is 3. The predicted molar refractivity (Wildman–Crippen MR) is 203 cm³/mol. The molecule has 1 aliphatic carbocycles. The van der Waals surface area contributed by atoms with Gasteiger partial charge in [0.15, 0.2) is 5.78 Å². The van der Waals surface area contributed by atoms with Crippen molar-refractivity contribution >= 4 is 34.3 Å². The highest BCUT2D eigenvalue weighted by Crippen LogP contribution is 2.41. The Labute approximate surface area is 320 Å². The SMILES string of the molecule is CCC(C)[C@@H](CNC(=O)CC1CCOCC1)CC(=O)[C@@]1(NC(=O)[C@@H](CC(=O)Cc2ccccc2F)C(C)CC)CCc2[nH]c3c(C(F)(F)F)cccc3c2C1. The molecule has 2 amide bonds. The Morgan fingerprint density at radius 1 is 0.964 bits per heavy atom. The van der Waals surface area contributed by atoms with Gasteiger partial charge in [-0.15, -0.1) is 0 Å². The summed E-state index contributed by atoms with van der Waals surface area (Å²) in [5.41, 5.74) is -0.987. The van der Waals surface area contributed by atoms with E-state index < -0.39 is 34.9 Å². The van der Waals surface area contributed by atoms with Crippen molar-refractivity contribution in [3.05, 3.63) is 70.7 Å². The molecule has 5 atom stereocenters. The van der Waals surface area contributed by atoms with Crippen LogP contribution in [-0.4, -0.2) is 53.7 Å². The fourth-order valence-corrected chi connectivity index (χ4v) is 8.23. The van der Waals surface area contributed by atoms with E-state index in [0.717, 1.165) is 25.3 Å². The molecule has 1 aromatic heterocycles. The molecule has 5 rings (SSSR count). The van der Waals surface area contributed by atoms with Crippen molar-refractivity contribution in [3.8, 4) is 0 Å². The van der Waals surface area contributed by atoms with Crippen LogP contribution in [0.4, 0.5) is 17.6 Å². The topological polar surface area (TPSA) is 117 Å².